The van der Waals surface area contributed by atoms with Crippen molar-refractivity contribution in [2.24, 2.45) is 0 Å². The number of aliphatic hydroxyl groups is 4. The Balaban J connectivity index is 2.23. The van der Waals surface area contributed by atoms with Gasteiger partial charge in [0.15, 0.2) is 12.4 Å². The molecule has 1 aliphatic rings. The van der Waals surface area contributed by atoms with Gasteiger partial charge >= 0.3 is 11.9 Å². The second-order valence-corrected chi connectivity index (χ2v) is 18.7. The largest absolute Gasteiger partial charge is 0.462 e. The van der Waals surface area contributed by atoms with Crippen LogP contribution in [-0.2, 0) is 28.5 Å². The van der Waals surface area contributed by atoms with Crippen LogP contribution >= 0.6 is 0 Å². The van der Waals surface area contributed by atoms with Gasteiger partial charge in [-0.15, -0.1) is 0 Å². The zero-order valence-electron chi connectivity index (χ0n) is 41.7. The molecule has 65 heavy (non-hydrogen) atoms. The van der Waals surface area contributed by atoms with E-state index in [0.717, 1.165) is 57.8 Å². The second kappa shape index (κ2) is 45.7. The van der Waals surface area contributed by atoms with E-state index in [1.165, 1.54) is 154 Å². The summed E-state index contributed by atoms with van der Waals surface area (Å²) in [6.45, 7) is 3.41. The van der Waals surface area contributed by atoms with Gasteiger partial charge in [0.25, 0.3) is 0 Å². The summed E-state index contributed by atoms with van der Waals surface area (Å²) in [5.41, 5.74) is 0. The molecule has 10 heteroatoms. The van der Waals surface area contributed by atoms with Gasteiger partial charge in [0.2, 0.25) is 0 Å². The van der Waals surface area contributed by atoms with Crippen molar-refractivity contribution in [2.75, 3.05) is 19.8 Å². The van der Waals surface area contributed by atoms with Crippen LogP contribution in [0.4, 0.5) is 0 Å². The van der Waals surface area contributed by atoms with E-state index in [1.54, 1.807) is 0 Å². The van der Waals surface area contributed by atoms with Gasteiger partial charge in [-0.3, -0.25) is 9.59 Å². The highest BCUT2D eigenvalue weighted by molar-refractivity contribution is 5.70. The summed E-state index contributed by atoms with van der Waals surface area (Å²) in [5.74, 6) is -0.821. The fourth-order valence-corrected chi connectivity index (χ4v) is 8.26. The molecule has 0 amide bonds. The SMILES string of the molecule is CCCCC/C=C/C/C=C/C/C=C/CCCCCCC(=O)O[C@@H](COC(=O)CCCCCCCCCCCCCCCCCCCCCCCCC)CO[C@H]1O[C@@H](CO)[C@@H](O)C(O)C1O. The van der Waals surface area contributed by atoms with E-state index in [0.29, 0.717) is 6.42 Å². The third kappa shape index (κ3) is 36.6. The monoisotopic (exact) mass is 921 g/mol. The highest BCUT2D eigenvalue weighted by Gasteiger charge is 2.44. The lowest BCUT2D eigenvalue weighted by Crippen LogP contribution is -2.59. The molecule has 2 unspecified atom stereocenters. The number of carbonyl (C=O) groups excluding carboxylic acids is 2. The second-order valence-electron chi connectivity index (χ2n) is 18.7. The molecule has 0 aliphatic carbocycles. The van der Waals surface area contributed by atoms with E-state index >= 15 is 0 Å². The van der Waals surface area contributed by atoms with Crippen molar-refractivity contribution in [2.45, 2.75) is 282 Å². The molecule has 0 aromatic heterocycles. The third-order valence-corrected chi connectivity index (χ3v) is 12.5. The van der Waals surface area contributed by atoms with Gasteiger partial charge in [-0.25, -0.2) is 0 Å². The normalized spacial score (nSPS) is 19.5. The Kier molecular flexibility index (Phi) is 42.8. The summed E-state index contributed by atoms with van der Waals surface area (Å²) < 4.78 is 22.2. The van der Waals surface area contributed by atoms with Crippen molar-refractivity contribution in [3.63, 3.8) is 0 Å². The van der Waals surface area contributed by atoms with Gasteiger partial charge in [-0.1, -0.05) is 217 Å². The zero-order chi connectivity index (χ0) is 47.3. The Morgan fingerprint density at radius 1 is 0.477 bits per heavy atom. The van der Waals surface area contributed by atoms with E-state index in [1.807, 2.05) is 0 Å². The predicted molar refractivity (Wildman–Crippen MR) is 266 cm³/mol. The van der Waals surface area contributed by atoms with Crippen LogP contribution in [-0.4, -0.2) is 89.0 Å². The zero-order valence-corrected chi connectivity index (χ0v) is 41.7. The number of ether oxygens (including phenoxy) is 4. The highest BCUT2D eigenvalue weighted by Crippen LogP contribution is 2.23. The molecule has 1 rings (SSSR count). The fraction of sp³-hybridized carbons (Fsp3) is 0.855. The molecule has 380 valence electrons. The number of rotatable bonds is 46. The van der Waals surface area contributed by atoms with E-state index in [9.17, 15) is 30.0 Å². The fourth-order valence-electron chi connectivity index (χ4n) is 8.26. The van der Waals surface area contributed by atoms with Crippen LogP contribution in [0, 0.1) is 0 Å². The standard InChI is InChI=1S/C55H100O10/c1-3-5-7-9-11-13-15-17-19-21-22-23-24-25-26-28-29-31-33-35-37-39-41-43-50(57)62-46-48(47-63-55-54(61)53(60)52(59)49(45-56)65-55)64-51(58)44-42-40-38-36-34-32-30-27-20-18-16-14-12-10-8-6-4-2/h12,14,18,20,30,32,48-49,52-56,59-61H,3-11,13,15-17,19,21-29,31,33-47H2,1-2H3/b14-12+,20-18+,32-30+/t48-,49-,52+,53?,54?,55-/m0/s1. The van der Waals surface area contributed by atoms with Crippen molar-refractivity contribution in [3.05, 3.63) is 36.5 Å². The molecule has 0 spiro atoms. The summed E-state index contributed by atoms with van der Waals surface area (Å²) >= 11 is 0. The first-order chi connectivity index (χ1) is 31.8. The first-order valence-electron chi connectivity index (χ1n) is 27.1. The number of hydrogen-bond donors (Lipinski definition) is 4. The van der Waals surface area contributed by atoms with E-state index < -0.39 is 49.4 Å². The van der Waals surface area contributed by atoms with E-state index in [-0.39, 0.29) is 32.0 Å². The minimum atomic E-state index is -1.60. The smallest absolute Gasteiger partial charge is 0.306 e. The molecular weight excluding hydrogens is 821 g/mol. The van der Waals surface area contributed by atoms with E-state index in [4.69, 9.17) is 18.9 Å². The van der Waals surface area contributed by atoms with Crippen LogP contribution in [0.5, 0.6) is 0 Å². The highest BCUT2D eigenvalue weighted by atomic mass is 16.7. The molecule has 0 aromatic carbocycles. The summed E-state index contributed by atoms with van der Waals surface area (Å²) in [4.78, 5) is 25.5. The topological polar surface area (TPSA) is 152 Å². The Morgan fingerprint density at radius 2 is 0.862 bits per heavy atom. The molecule has 0 saturated carbocycles. The van der Waals surface area contributed by atoms with Gasteiger partial charge in [-0.05, 0) is 51.4 Å². The molecular formula is C55H100O10. The molecule has 0 bridgehead atoms. The summed E-state index contributed by atoms with van der Waals surface area (Å²) in [7, 11) is 0. The average molecular weight is 921 g/mol. The summed E-state index contributed by atoms with van der Waals surface area (Å²) in [6.07, 6.45) is 47.3. The maximum Gasteiger partial charge on any atom is 0.306 e. The van der Waals surface area contributed by atoms with Crippen LogP contribution in [0.2, 0.25) is 0 Å². The summed E-state index contributed by atoms with van der Waals surface area (Å²) in [5, 5.41) is 40.2. The quantitative estimate of drug-likeness (QED) is 0.0264. The van der Waals surface area contributed by atoms with Crippen LogP contribution in [0.1, 0.15) is 245 Å². The molecule has 1 aliphatic heterocycles. The van der Waals surface area contributed by atoms with Crippen molar-refractivity contribution in [1.82, 2.24) is 0 Å². The van der Waals surface area contributed by atoms with Crippen molar-refractivity contribution in [1.29, 1.82) is 0 Å². The van der Waals surface area contributed by atoms with Gasteiger partial charge in [0, 0.05) is 12.8 Å². The van der Waals surface area contributed by atoms with Crippen LogP contribution < -0.4 is 0 Å². The van der Waals surface area contributed by atoms with Crippen molar-refractivity contribution in [3.8, 4) is 0 Å². The maximum atomic E-state index is 12.8. The molecule has 1 fully saturated rings. The van der Waals surface area contributed by atoms with E-state index in [2.05, 4.69) is 50.3 Å². The Morgan fingerprint density at radius 3 is 1.32 bits per heavy atom. The van der Waals surface area contributed by atoms with Gasteiger partial charge in [-0.2, -0.15) is 0 Å². The predicted octanol–water partition coefficient (Wildman–Crippen LogP) is 13.0. The van der Waals surface area contributed by atoms with Crippen LogP contribution in [0.15, 0.2) is 36.5 Å². The number of allylic oxidation sites excluding steroid dienone is 6. The maximum absolute atomic E-state index is 12.8. The van der Waals surface area contributed by atoms with Gasteiger partial charge in [0.05, 0.1) is 13.2 Å². The van der Waals surface area contributed by atoms with Gasteiger partial charge in [0.1, 0.15) is 31.0 Å². The lowest BCUT2D eigenvalue weighted by molar-refractivity contribution is -0.305. The molecule has 1 saturated heterocycles. The number of hydrogen-bond acceptors (Lipinski definition) is 10. The Hall–Kier alpha value is -2.08. The Bertz CT molecular complexity index is 1160. The van der Waals surface area contributed by atoms with Crippen LogP contribution in [0.25, 0.3) is 0 Å². The number of carbonyl (C=O) groups is 2. The summed E-state index contributed by atoms with van der Waals surface area (Å²) in [6, 6.07) is 0. The average Bonchev–Trinajstić information content (AvgIpc) is 3.30. The molecule has 4 N–H and O–H groups in total. The molecule has 10 nitrogen and oxygen atoms in total. The first kappa shape index (κ1) is 60.9. The molecule has 6 atom stereocenters. The first-order valence-corrected chi connectivity index (χ1v) is 27.1. The number of unbranched alkanes of at least 4 members (excludes halogenated alkanes) is 29. The van der Waals surface area contributed by atoms with Crippen molar-refractivity contribution < 1.29 is 49.0 Å². The van der Waals surface area contributed by atoms with Crippen LogP contribution in [0.3, 0.4) is 0 Å². The minimum absolute atomic E-state index is 0.206. The molecule has 0 aromatic rings. The molecule has 0 radical (unpaired) electrons. The number of aliphatic hydroxyl groups excluding tert-OH is 4. The third-order valence-electron chi connectivity index (χ3n) is 12.5. The lowest BCUT2D eigenvalue weighted by atomic mass is 9.99. The number of esters is 2. The molecule has 1 heterocycles. The van der Waals surface area contributed by atoms with Crippen molar-refractivity contribution >= 4 is 11.9 Å². The van der Waals surface area contributed by atoms with Gasteiger partial charge < -0.3 is 39.4 Å². The minimum Gasteiger partial charge on any atom is -0.462 e. The Labute approximate surface area is 397 Å². The lowest BCUT2D eigenvalue weighted by Gasteiger charge is -2.39.